The lowest BCUT2D eigenvalue weighted by Crippen LogP contribution is -2.55. The fourth-order valence-corrected chi connectivity index (χ4v) is 3.00. The predicted octanol–water partition coefficient (Wildman–Crippen LogP) is 2.07. The van der Waals surface area contributed by atoms with Crippen molar-refractivity contribution in [1.29, 1.82) is 0 Å². The molecule has 0 aromatic carbocycles. The fraction of sp³-hybridized carbons (Fsp3) is 0.786. The van der Waals surface area contributed by atoms with Crippen LogP contribution in [0.1, 0.15) is 51.4 Å². The molecule has 1 aromatic rings. The molecule has 2 atom stereocenters. The molecule has 0 radical (unpaired) electrons. The standard InChI is InChI=1S/C14H26N4/c1-4-14(2,18-9-6-5-7-10-18)12(15)13-16-8-11-17(13)3/h8,11-12H,4-7,9-10,15H2,1-3H3. The quantitative estimate of drug-likeness (QED) is 0.890. The number of hydrogen-bond donors (Lipinski definition) is 1. The monoisotopic (exact) mass is 250 g/mol. The Morgan fingerprint density at radius 1 is 1.39 bits per heavy atom. The number of piperidine rings is 1. The molecule has 1 aromatic heterocycles. The van der Waals surface area contributed by atoms with Crippen molar-refractivity contribution in [2.45, 2.75) is 51.1 Å². The topological polar surface area (TPSA) is 47.1 Å². The third-order valence-electron chi connectivity index (χ3n) is 4.60. The lowest BCUT2D eigenvalue weighted by Gasteiger charge is -2.46. The predicted molar refractivity (Wildman–Crippen MR) is 74.3 cm³/mol. The van der Waals surface area contributed by atoms with Gasteiger partial charge in [0.2, 0.25) is 0 Å². The minimum atomic E-state index is -0.0272. The van der Waals surface area contributed by atoms with Crippen LogP contribution < -0.4 is 5.73 Å². The second-order valence-corrected chi connectivity index (χ2v) is 5.63. The van der Waals surface area contributed by atoms with Gasteiger partial charge in [-0.15, -0.1) is 0 Å². The van der Waals surface area contributed by atoms with Crippen molar-refractivity contribution in [3.63, 3.8) is 0 Å². The summed E-state index contributed by atoms with van der Waals surface area (Å²) in [5.74, 6) is 0.991. The molecule has 2 heterocycles. The van der Waals surface area contributed by atoms with Crippen molar-refractivity contribution in [3.05, 3.63) is 18.2 Å². The zero-order chi connectivity index (χ0) is 13.2. The number of rotatable bonds is 4. The molecule has 1 aliphatic heterocycles. The Kier molecular flexibility index (Phi) is 4.07. The molecule has 2 rings (SSSR count). The number of nitrogens with zero attached hydrogens (tertiary/aromatic N) is 3. The highest BCUT2D eigenvalue weighted by Crippen LogP contribution is 2.33. The first-order valence-electron chi connectivity index (χ1n) is 7.07. The maximum atomic E-state index is 6.54. The first-order chi connectivity index (χ1) is 8.59. The van der Waals surface area contributed by atoms with Gasteiger partial charge >= 0.3 is 0 Å². The highest BCUT2D eigenvalue weighted by molar-refractivity contribution is 5.08. The van der Waals surface area contributed by atoms with Crippen LogP contribution >= 0.6 is 0 Å². The van der Waals surface area contributed by atoms with Gasteiger partial charge in [0.25, 0.3) is 0 Å². The van der Waals surface area contributed by atoms with Gasteiger partial charge in [-0.2, -0.15) is 0 Å². The van der Waals surface area contributed by atoms with E-state index in [0.29, 0.717) is 0 Å². The van der Waals surface area contributed by atoms with E-state index in [0.717, 1.165) is 12.2 Å². The summed E-state index contributed by atoms with van der Waals surface area (Å²) >= 11 is 0. The van der Waals surface area contributed by atoms with Gasteiger partial charge in [0.1, 0.15) is 5.82 Å². The first-order valence-corrected chi connectivity index (χ1v) is 7.07. The lowest BCUT2D eigenvalue weighted by molar-refractivity contribution is 0.0512. The second kappa shape index (κ2) is 5.41. The van der Waals surface area contributed by atoms with Crippen LogP contribution in [0, 0.1) is 0 Å². The van der Waals surface area contributed by atoms with Crippen molar-refractivity contribution in [2.24, 2.45) is 12.8 Å². The van der Waals surface area contributed by atoms with Gasteiger partial charge in [0.05, 0.1) is 6.04 Å². The summed E-state index contributed by atoms with van der Waals surface area (Å²) in [6.07, 6.45) is 8.81. The Morgan fingerprint density at radius 2 is 2.06 bits per heavy atom. The highest BCUT2D eigenvalue weighted by Gasteiger charge is 2.39. The van der Waals surface area contributed by atoms with Crippen LogP contribution in [-0.2, 0) is 7.05 Å². The minimum Gasteiger partial charge on any atom is -0.337 e. The zero-order valence-corrected chi connectivity index (χ0v) is 11.9. The maximum Gasteiger partial charge on any atom is 0.127 e. The summed E-state index contributed by atoms with van der Waals surface area (Å²) in [6, 6.07) is -0.0272. The number of likely N-dealkylation sites (tertiary alicyclic amines) is 1. The van der Waals surface area contributed by atoms with Crippen LogP contribution in [-0.4, -0.2) is 33.1 Å². The van der Waals surface area contributed by atoms with Crippen LogP contribution in [0.15, 0.2) is 12.4 Å². The van der Waals surface area contributed by atoms with Crippen LogP contribution in [0.3, 0.4) is 0 Å². The normalized spacial score (nSPS) is 22.7. The van der Waals surface area contributed by atoms with Crippen LogP contribution in [0.5, 0.6) is 0 Å². The third-order valence-corrected chi connectivity index (χ3v) is 4.60. The minimum absolute atomic E-state index is 0.0134. The molecule has 0 amide bonds. The van der Waals surface area contributed by atoms with E-state index in [-0.39, 0.29) is 11.6 Å². The molecule has 0 bridgehead atoms. The Morgan fingerprint density at radius 3 is 2.56 bits per heavy atom. The summed E-state index contributed by atoms with van der Waals surface area (Å²) in [6.45, 7) is 6.86. The third kappa shape index (κ3) is 2.31. The number of aromatic nitrogens is 2. The van der Waals surface area contributed by atoms with E-state index in [1.165, 1.54) is 32.4 Å². The fourth-order valence-electron chi connectivity index (χ4n) is 3.00. The van der Waals surface area contributed by atoms with Crippen molar-refractivity contribution >= 4 is 0 Å². The zero-order valence-electron chi connectivity index (χ0n) is 11.9. The maximum absolute atomic E-state index is 6.54. The van der Waals surface area contributed by atoms with E-state index < -0.39 is 0 Å². The average Bonchev–Trinajstić information content (AvgIpc) is 2.84. The Hall–Kier alpha value is -0.870. The number of nitrogens with two attached hydrogens (primary N) is 1. The molecule has 2 N–H and O–H groups in total. The van der Waals surface area contributed by atoms with E-state index >= 15 is 0 Å². The first kappa shape index (κ1) is 13.6. The van der Waals surface area contributed by atoms with E-state index in [1.807, 2.05) is 24.0 Å². The Labute approximate surface area is 110 Å². The molecule has 4 heteroatoms. The molecule has 1 fully saturated rings. The highest BCUT2D eigenvalue weighted by atomic mass is 15.2. The summed E-state index contributed by atoms with van der Waals surface area (Å²) in [5, 5.41) is 0. The van der Waals surface area contributed by atoms with E-state index in [9.17, 15) is 0 Å². The van der Waals surface area contributed by atoms with Gasteiger partial charge in [0, 0.05) is 25.0 Å². The van der Waals surface area contributed by atoms with Crippen molar-refractivity contribution < 1.29 is 0 Å². The van der Waals surface area contributed by atoms with Gasteiger partial charge in [-0.05, 0) is 39.3 Å². The van der Waals surface area contributed by atoms with Crippen molar-refractivity contribution in [3.8, 4) is 0 Å². The van der Waals surface area contributed by atoms with Gasteiger partial charge in [-0.1, -0.05) is 13.3 Å². The summed E-state index contributed by atoms with van der Waals surface area (Å²) < 4.78 is 2.04. The molecule has 1 aliphatic rings. The smallest absolute Gasteiger partial charge is 0.127 e. The average molecular weight is 250 g/mol. The van der Waals surface area contributed by atoms with Gasteiger partial charge in [0.15, 0.2) is 0 Å². The van der Waals surface area contributed by atoms with Gasteiger partial charge in [-0.3, -0.25) is 4.90 Å². The molecular weight excluding hydrogens is 224 g/mol. The number of imidazole rings is 1. The summed E-state index contributed by atoms with van der Waals surface area (Å²) in [7, 11) is 2.02. The second-order valence-electron chi connectivity index (χ2n) is 5.63. The molecule has 0 saturated carbocycles. The van der Waals surface area contributed by atoms with E-state index in [1.54, 1.807) is 0 Å². The molecule has 1 saturated heterocycles. The van der Waals surface area contributed by atoms with E-state index in [4.69, 9.17) is 5.73 Å². The van der Waals surface area contributed by atoms with Crippen molar-refractivity contribution in [2.75, 3.05) is 13.1 Å². The molecular formula is C14H26N4. The van der Waals surface area contributed by atoms with Crippen LogP contribution in [0.2, 0.25) is 0 Å². The summed E-state index contributed by atoms with van der Waals surface area (Å²) in [5.41, 5.74) is 6.55. The largest absolute Gasteiger partial charge is 0.337 e. The molecule has 4 nitrogen and oxygen atoms in total. The van der Waals surface area contributed by atoms with Crippen LogP contribution in [0.4, 0.5) is 0 Å². The molecule has 0 aliphatic carbocycles. The summed E-state index contributed by atoms with van der Waals surface area (Å²) in [4.78, 5) is 7.00. The molecule has 102 valence electrons. The molecule has 2 unspecified atom stereocenters. The van der Waals surface area contributed by atoms with Gasteiger partial charge < -0.3 is 10.3 Å². The molecule has 0 spiro atoms. The van der Waals surface area contributed by atoms with Gasteiger partial charge in [-0.25, -0.2) is 4.98 Å². The Bertz CT molecular complexity index is 381. The number of hydrogen-bond acceptors (Lipinski definition) is 3. The lowest BCUT2D eigenvalue weighted by atomic mass is 9.85. The van der Waals surface area contributed by atoms with E-state index in [2.05, 4.69) is 23.7 Å². The van der Waals surface area contributed by atoms with Crippen LogP contribution in [0.25, 0.3) is 0 Å². The van der Waals surface area contributed by atoms with Crippen molar-refractivity contribution in [1.82, 2.24) is 14.5 Å². The molecule has 18 heavy (non-hydrogen) atoms. The Balaban J connectivity index is 2.22. The SMILES string of the molecule is CCC(C)(C(N)c1nccn1C)N1CCCCC1. The number of aryl methyl sites for hydroxylation is 1.